The van der Waals surface area contributed by atoms with Gasteiger partial charge in [0.05, 0.1) is 6.20 Å². The molecule has 0 aliphatic carbocycles. The van der Waals surface area contributed by atoms with Crippen molar-refractivity contribution in [3.05, 3.63) is 41.2 Å². The lowest BCUT2D eigenvalue weighted by Gasteiger charge is -2.00. The van der Waals surface area contributed by atoms with E-state index >= 15 is 0 Å². The third-order valence-corrected chi connectivity index (χ3v) is 2.33. The molecule has 4 heteroatoms. The summed E-state index contributed by atoms with van der Waals surface area (Å²) in [6, 6.07) is 8.07. The lowest BCUT2D eigenvalue weighted by molar-refractivity contribution is 0.979. The molecule has 1 aromatic heterocycles. The van der Waals surface area contributed by atoms with E-state index in [9.17, 15) is 0 Å². The molecular formula is C11H10ClN3. The van der Waals surface area contributed by atoms with Crippen molar-refractivity contribution in [1.82, 2.24) is 15.2 Å². The van der Waals surface area contributed by atoms with E-state index in [4.69, 9.17) is 11.6 Å². The minimum Gasteiger partial charge on any atom is -0.213 e. The Morgan fingerprint density at radius 2 is 1.93 bits per heavy atom. The zero-order valence-electron chi connectivity index (χ0n) is 8.31. The van der Waals surface area contributed by atoms with Crippen LogP contribution in [-0.2, 0) is 6.42 Å². The summed E-state index contributed by atoms with van der Waals surface area (Å²) in [6.45, 7) is 2.12. The van der Waals surface area contributed by atoms with Crippen LogP contribution >= 0.6 is 11.6 Å². The lowest BCUT2D eigenvalue weighted by Crippen LogP contribution is -1.92. The largest absolute Gasteiger partial charge is 0.213 e. The maximum absolute atomic E-state index is 5.74. The van der Waals surface area contributed by atoms with E-state index in [0.29, 0.717) is 11.0 Å². The molecule has 0 N–H and O–H groups in total. The number of hydrogen-bond donors (Lipinski definition) is 0. The second-order valence-corrected chi connectivity index (χ2v) is 3.54. The van der Waals surface area contributed by atoms with Gasteiger partial charge in [-0.25, -0.2) is 4.98 Å². The molecule has 0 bridgehead atoms. The third-order valence-electron chi connectivity index (χ3n) is 2.15. The van der Waals surface area contributed by atoms with Crippen molar-refractivity contribution in [2.24, 2.45) is 0 Å². The molecule has 1 aromatic carbocycles. The average Bonchev–Trinajstić information content (AvgIpc) is 2.29. The Morgan fingerprint density at radius 1 is 1.20 bits per heavy atom. The van der Waals surface area contributed by atoms with Gasteiger partial charge in [0.15, 0.2) is 11.0 Å². The van der Waals surface area contributed by atoms with Gasteiger partial charge in [-0.3, -0.25) is 0 Å². The molecule has 15 heavy (non-hydrogen) atoms. The third kappa shape index (κ3) is 2.30. The summed E-state index contributed by atoms with van der Waals surface area (Å²) in [5.74, 6) is 0.560. The van der Waals surface area contributed by atoms with E-state index < -0.39 is 0 Å². The van der Waals surface area contributed by atoms with Gasteiger partial charge >= 0.3 is 0 Å². The summed E-state index contributed by atoms with van der Waals surface area (Å²) in [7, 11) is 0. The predicted molar refractivity (Wildman–Crippen MR) is 59.7 cm³/mol. The van der Waals surface area contributed by atoms with Crippen LogP contribution in [-0.4, -0.2) is 15.2 Å². The first kappa shape index (κ1) is 10.1. The van der Waals surface area contributed by atoms with Crippen LogP contribution in [0.15, 0.2) is 30.5 Å². The van der Waals surface area contributed by atoms with Crippen LogP contribution in [0, 0.1) is 0 Å². The van der Waals surface area contributed by atoms with Gasteiger partial charge in [-0.15, -0.1) is 5.10 Å². The second kappa shape index (κ2) is 4.36. The lowest BCUT2D eigenvalue weighted by atomic mass is 10.1. The van der Waals surface area contributed by atoms with E-state index in [2.05, 4.69) is 34.2 Å². The minimum atomic E-state index is 0.361. The van der Waals surface area contributed by atoms with Gasteiger partial charge in [-0.05, 0) is 12.0 Å². The number of aryl methyl sites for hydroxylation is 1. The number of rotatable bonds is 2. The molecule has 0 aliphatic heterocycles. The first-order valence-electron chi connectivity index (χ1n) is 4.74. The SMILES string of the molecule is CCc1ccc(-c2nncc(Cl)n2)cc1. The molecule has 0 fully saturated rings. The Kier molecular flexibility index (Phi) is 2.92. The predicted octanol–water partition coefficient (Wildman–Crippen LogP) is 2.75. The quantitative estimate of drug-likeness (QED) is 0.780. The normalized spacial score (nSPS) is 10.3. The number of halogens is 1. The van der Waals surface area contributed by atoms with Crippen LogP contribution in [0.3, 0.4) is 0 Å². The maximum Gasteiger partial charge on any atom is 0.183 e. The van der Waals surface area contributed by atoms with Gasteiger partial charge in [-0.2, -0.15) is 5.10 Å². The molecule has 0 spiro atoms. The summed E-state index contributed by atoms with van der Waals surface area (Å²) in [5.41, 5.74) is 2.22. The molecule has 0 radical (unpaired) electrons. The van der Waals surface area contributed by atoms with Crippen LogP contribution in [0.25, 0.3) is 11.4 Å². The van der Waals surface area contributed by atoms with Gasteiger partial charge in [0, 0.05) is 5.56 Å². The highest BCUT2D eigenvalue weighted by molar-refractivity contribution is 6.29. The summed E-state index contributed by atoms with van der Waals surface area (Å²) in [5, 5.41) is 8.04. The van der Waals surface area contributed by atoms with Gasteiger partial charge in [0.25, 0.3) is 0 Å². The first-order valence-corrected chi connectivity index (χ1v) is 5.12. The summed E-state index contributed by atoms with van der Waals surface area (Å²) in [4.78, 5) is 4.09. The smallest absolute Gasteiger partial charge is 0.183 e. The van der Waals surface area contributed by atoms with Crippen molar-refractivity contribution < 1.29 is 0 Å². The van der Waals surface area contributed by atoms with E-state index in [0.717, 1.165) is 12.0 Å². The van der Waals surface area contributed by atoms with Crippen LogP contribution in [0.5, 0.6) is 0 Å². The molecule has 76 valence electrons. The fourth-order valence-corrected chi connectivity index (χ4v) is 1.42. The summed E-state index contributed by atoms with van der Waals surface area (Å²) >= 11 is 5.74. The molecular weight excluding hydrogens is 210 g/mol. The van der Waals surface area contributed by atoms with Crippen LogP contribution in [0.1, 0.15) is 12.5 Å². The fourth-order valence-electron chi connectivity index (χ4n) is 1.30. The van der Waals surface area contributed by atoms with Crippen molar-refractivity contribution in [3.63, 3.8) is 0 Å². The monoisotopic (exact) mass is 219 g/mol. The molecule has 0 aliphatic rings. The Bertz CT molecular complexity index is 454. The fraction of sp³-hybridized carbons (Fsp3) is 0.182. The zero-order valence-corrected chi connectivity index (χ0v) is 9.07. The van der Waals surface area contributed by atoms with E-state index in [-0.39, 0.29) is 0 Å². The topological polar surface area (TPSA) is 38.7 Å². The van der Waals surface area contributed by atoms with Gasteiger partial charge in [-0.1, -0.05) is 42.8 Å². The highest BCUT2D eigenvalue weighted by Crippen LogP contribution is 2.16. The molecule has 2 rings (SSSR count). The molecule has 0 unspecified atom stereocenters. The average molecular weight is 220 g/mol. The van der Waals surface area contributed by atoms with E-state index in [1.807, 2.05) is 12.1 Å². The van der Waals surface area contributed by atoms with Crippen molar-refractivity contribution >= 4 is 11.6 Å². The Morgan fingerprint density at radius 3 is 2.53 bits per heavy atom. The molecule has 0 saturated carbocycles. The van der Waals surface area contributed by atoms with Crippen LogP contribution in [0.2, 0.25) is 5.15 Å². The Labute approximate surface area is 93.1 Å². The van der Waals surface area contributed by atoms with Crippen molar-refractivity contribution in [2.75, 3.05) is 0 Å². The molecule has 2 aromatic rings. The number of hydrogen-bond acceptors (Lipinski definition) is 3. The van der Waals surface area contributed by atoms with E-state index in [1.165, 1.54) is 11.8 Å². The van der Waals surface area contributed by atoms with Crippen LogP contribution in [0.4, 0.5) is 0 Å². The maximum atomic E-state index is 5.74. The minimum absolute atomic E-state index is 0.361. The standard InChI is InChI=1S/C11H10ClN3/c1-2-8-3-5-9(6-4-8)11-14-10(12)7-13-15-11/h3-7H,2H2,1H3. The molecule has 3 nitrogen and oxygen atoms in total. The Hall–Kier alpha value is -1.48. The second-order valence-electron chi connectivity index (χ2n) is 3.15. The highest BCUT2D eigenvalue weighted by atomic mass is 35.5. The highest BCUT2D eigenvalue weighted by Gasteiger charge is 2.02. The zero-order chi connectivity index (χ0) is 10.7. The molecule has 1 heterocycles. The van der Waals surface area contributed by atoms with Crippen LogP contribution < -0.4 is 0 Å². The van der Waals surface area contributed by atoms with Gasteiger partial charge < -0.3 is 0 Å². The first-order chi connectivity index (χ1) is 7.29. The van der Waals surface area contributed by atoms with Gasteiger partial charge in [0.2, 0.25) is 0 Å². The van der Waals surface area contributed by atoms with Gasteiger partial charge in [0.1, 0.15) is 0 Å². The summed E-state index contributed by atoms with van der Waals surface area (Å²) in [6.07, 6.45) is 2.44. The molecule has 0 amide bonds. The number of nitrogens with zero attached hydrogens (tertiary/aromatic N) is 3. The van der Waals surface area contributed by atoms with Crippen molar-refractivity contribution in [3.8, 4) is 11.4 Å². The molecule has 0 atom stereocenters. The number of aromatic nitrogens is 3. The van der Waals surface area contributed by atoms with Crippen molar-refractivity contribution in [2.45, 2.75) is 13.3 Å². The summed E-state index contributed by atoms with van der Waals surface area (Å²) < 4.78 is 0. The Balaban J connectivity index is 2.37. The van der Waals surface area contributed by atoms with Crippen molar-refractivity contribution in [1.29, 1.82) is 0 Å². The number of benzene rings is 1. The van der Waals surface area contributed by atoms with E-state index in [1.54, 1.807) is 0 Å². The molecule has 0 saturated heterocycles.